The maximum atomic E-state index is 13.1. The van der Waals surface area contributed by atoms with Gasteiger partial charge in [0.15, 0.2) is 0 Å². The van der Waals surface area contributed by atoms with Crippen molar-refractivity contribution in [1.29, 1.82) is 0 Å². The van der Waals surface area contributed by atoms with Crippen LogP contribution >= 0.6 is 0 Å². The summed E-state index contributed by atoms with van der Waals surface area (Å²) in [5.41, 5.74) is 4.50. The first-order chi connectivity index (χ1) is 14.7. The number of ether oxygens (including phenoxy) is 1. The summed E-state index contributed by atoms with van der Waals surface area (Å²) in [5, 5.41) is 18.7. The molecule has 3 atom stereocenters. The van der Waals surface area contributed by atoms with Gasteiger partial charge in [-0.2, -0.15) is 0 Å². The van der Waals surface area contributed by atoms with Gasteiger partial charge in [-0.15, -0.1) is 5.10 Å². The van der Waals surface area contributed by atoms with Crippen molar-refractivity contribution in [3.63, 3.8) is 0 Å². The van der Waals surface area contributed by atoms with Crippen LogP contribution in [0.1, 0.15) is 60.4 Å². The topological polar surface area (TPSA) is 80.5 Å². The van der Waals surface area contributed by atoms with Gasteiger partial charge in [0.2, 0.25) is 5.91 Å². The quantitative estimate of drug-likeness (QED) is 0.818. The molecular formula is C23H30N4O3. The van der Waals surface area contributed by atoms with Gasteiger partial charge in [-0.1, -0.05) is 29.8 Å². The first-order valence-electron chi connectivity index (χ1n) is 11.2. The van der Waals surface area contributed by atoms with Crippen LogP contribution in [0.5, 0.6) is 0 Å². The monoisotopic (exact) mass is 410 g/mol. The van der Waals surface area contributed by atoms with Crippen molar-refractivity contribution in [2.45, 2.75) is 76.2 Å². The summed E-state index contributed by atoms with van der Waals surface area (Å²) in [4.78, 5) is 15.1. The Morgan fingerprint density at radius 2 is 2.13 bits per heavy atom. The summed E-state index contributed by atoms with van der Waals surface area (Å²) in [6.07, 6.45) is 7.92. The molecule has 7 nitrogen and oxygen atoms in total. The van der Waals surface area contributed by atoms with E-state index in [1.165, 1.54) is 11.1 Å². The zero-order valence-electron chi connectivity index (χ0n) is 17.4. The molecule has 0 radical (unpaired) electrons. The van der Waals surface area contributed by atoms with E-state index >= 15 is 0 Å². The molecule has 3 heterocycles. The molecule has 0 unspecified atom stereocenters. The van der Waals surface area contributed by atoms with Crippen molar-refractivity contribution >= 4 is 5.91 Å². The molecule has 30 heavy (non-hydrogen) atoms. The minimum Gasteiger partial charge on any atom is -0.392 e. The summed E-state index contributed by atoms with van der Waals surface area (Å²) in [6.45, 7) is 2.90. The van der Waals surface area contributed by atoms with Gasteiger partial charge in [0.1, 0.15) is 0 Å². The van der Waals surface area contributed by atoms with E-state index < -0.39 is 0 Å². The average Bonchev–Trinajstić information content (AvgIpc) is 3.49. The van der Waals surface area contributed by atoms with E-state index in [4.69, 9.17) is 4.74 Å². The van der Waals surface area contributed by atoms with E-state index in [1.54, 1.807) is 0 Å². The fourth-order valence-corrected chi connectivity index (χ4v) is 5.24. The standard InChI is InChI=1S/C23H30N4O3/c28-22-5-1-4-20(22)21-14-26(25-24-21)13-19-3-2-9-27(19)23(29)12-16-6-7-17-8-10-30-15-18(17)11-16/h6-7,11,14,19-20,22,28H,1-5,8-10,12-13,15H2/t19-,20-,22+/m0/s1. The van der Waals surface area contributed by atoms with Crippen LogP contribution in [0.2, 0.25) is 0 Å². The second-order valence-electron chi connectivity index (χ2n) is 8.94. The number of rotatable bonds is 5. The molecule has 160 valence electrons. The molecule has 2 aromatic rings. The second-order valence-corrected chi connectivity index (χ2v) is 8.94. The number of aliphatic hydroxyl groups excluding tert-OH is 1. The normalized spacial score (nSPS) is 26.2. The third kappa shape index (κ3) is 4.01. The predicted octanol–water partition coefficient (Wildman–Crippen LogP) is 2.21. The molecule has 1 N–H and O–H groups in total. The van der Waals surface area contributed by atoms with E-state index in [1.807, 2.05) is 15.8 Å². The number of aromatic nitrogens is 3. The molecule has 2 aliphatic heterocycles. The maximum absolute atomic E-state index is 13.1. The van der Waals surface area contributed by atoms with Crippen LogP contribution in [0, 0.1) is 0 Å². The molecule has 1 aliphatic carbocycles. The van der Waals surface area contributed by atoms with Gasteiger partial charge in [0.05, 0.1) is 44.0 Å². The van der Waals surface area contributed by atoms with Crippen molar-refractivity contribution in [2.75, 3.05) is 13.2 Å². The molecule has 5 rings (SSSR count). The predicted molar refractivity (Wildman–Crippen MR) is 111 cm³/mol. The van der Waals surface area contributed by atoms with Crippen LogP contribution in [-0.2, 0) is 35.5 Å². The van der Waals surface area contributed by atoms with E-state index in [0.717, 1.165) is 62.9 Å². The summed E-state index contributed by atoms with van der Waals surface area (Å²) in [5.74, 6) is 0.286. The van der Waals surface area contributed by atoms with Crippen LogP contribution in [0.25, 0.3) is 0 Å². The summed E-state index contributed by atoms with van der Waals surface area (Å²) in [6, 6.07) is 6.52. The van der Waals surface area contributed by atoms with Gasteiger partial charge < -0.3 is 14.7 Å². The molecule has 1 saturated carbocycles. The fraction of sp³-hybridized carbons (Fsp3) is 0.609. The largest absolute Gasteiger partial charge is 0.392 e. The Hall–Kier alpha value is -2.25. The highest BCUT2D eigenvalue weighted by Crippen LogP contribution is 2.33. The van der Waals surface area contributed by atoms with Crippen molar-refractivity contribution in [3.05, 3.63) is 46.8 Å². The number of nitrogens with zero attached hydrogens (tertiary/aromatic N) is 4. The summed E-state index contributed by atoms with van der Waals surface area (Å²) >= 11 is 0. The number of hydrogen-bond acceptors (Lipinski definition) is 5. The zero-order chi connectivity index (χ0) is 20.5. The number of carbonyl (C=O) groups is 1. The van der Waals surface area contributed by atoms with Crippen LogP contribution in [0.3, 0.4) is 0 Å². The Morgan fingerprint density at radius 3 is 3.00 bits per heavy atom. The van der Waals surface area contributed by atoms with Crippen LogP contribution < -0.4 is 0 Å². The third-order valence-corrected chi connectivity index (χ3v) is 6.91. The molecular weight excluding hydrogens is 380 g/mol. The Morgan fingerprint density at radius 1 is 1.20 bits per heavy atom. The summed E-state index contributed by atoms with van der Waals surface area (Å²) in [7, 11) is 0. The number of amides is 1. The smallest absolute Gasteiger partial charge is 0.227 e. The van der Waals surface area contributed by atoms with Crippen molar-refractivity contribution < 1.29 is 14.6 Å². The van der Waals surface area contributed by atoms with Gasteiger partial charge in [-0.25, -0.2) is 0 Å². The van der Waals surface area contributed by atoms with E-state index in [9.17, 15) is 9.90 Å². The number of likely N-dealkylation sites (tertiary alicyclic amines) is 1. The van der Waals surface area contributed by atoms with E-state index in [0.29, 0.717) is 19.6 Å². The molecule has 7 heteroatoms. The lowest BCUT2D eigenvalue weighted by Gasteiger charge is -2.25. The SMILES string of the molecule is O=C(Cc1ccc2c(c1)COCC2)N1CCC[C@H]1Cn1cc([C@@H]2CCC[C@H]2O)nn1. The first kappa shape index (κ1) is 19.7. The van der Waals surface area contributed by atoms with E-state index in [2.05, 4.69) is 28.5 Å². The number of fused-ring (bicyclic) bond motifs is 1. The Balaban J connectivity index is 1.23. The van der Waals surface area contributed by atoms with Gasteiger partial charge in [-0.3, -0.25) is 9.48 Å². The number of hydrogen-bond donors (Lipinski definition) is 1. The minimum absolute atomic E-state index is 0.105. The molecule has 1 saturated heterocycles. The number of aliphatic hydroxyl groups is 1. The number of benzene rings is 1. The molecule has 1 aromatic carbocycles. The van der Waals surface area contributed by atoms with Crippen molar-refractivity contribution in [2.24, 2.45) is 0 Å². The van der Waals surface area contributed by atoms with Gasteiger partial charge in [0.25, 0.3) is 0 Å². The molecule has 3 aliphatic rings. The lowest BCUT2D eigenvalue weighted by atomic mass is 9.99. The van der Waals surface area contributed by atoms with Crippen LogP contribution in [0.4, 0.5) is 0 Å². The van der Waals surface area contributed by atoms with Crippen LogP contribution in [-0.4, -0.2) is 56.2 Å². The second kappa shape index (κ2) is 8.47. The Labute approximate surface area is 177 Å². The average molecular weight is 411 g/mol. The van der Waals surface area contributed by atoms with E-state index in [-0.39, 0.29) is 24.0 Å². The maximum Gasteiger partial charge on any atom is 0.227 e. The zero-order valence-corrected chi connectivity index (χ0v) is 17.4. The number of carbonyl (C=O) groups excluding carboxylic acids is 1. The molecule has 1 amide bonds. The van der Waals surface area contributed by atoms with Crippen LogP contribution in [0.15, 0.2) is 24.4 Å². The molecule has 0 bridgehead atoms. The summed E-state index contributed by atoms with van der Waals surface area (Å²) < 4.78 is 7.41. The van der Waals surface area contributed by atoms with Gasteiger partial charge in [0, 0.05) is 18.7 Å². The Kier molecular flexibility index (Phi) is 5.56. The molecule has 0 spiro atoms. The van der Waals surface area contributed by atoms with Gasteiger partial charge in [-0.05, 0) is 48.8 Å². The minimum atomic E-state index is -0.304. The highest BCUT2D eigenvalue weighted by atomic mass is 16.5. The lowest BCUT2D eigenvalue weighted by Crippen LogP contribution is -2.39. The lowest BCUT2D eigenvalue weighted by molar-refractivity contribution is -0.131. The first-order valence-corrected chi connectivity index (χ1v) is 11.2. The Bertz CT molecular complexity index is 912. The molecule has 1 aromatic heterocycles. The van der Waals surface area contributed by atoms with Gasteiger partial charge >= 0.3 is 0 Å². The molecule has 2 fully saturated rings. The third-order valence-electron chi connectivity index (χ3n) is 6.91. The highest BCUT2D eigenvalue weighted by Gasteiger charge is 2.31. The van der Waals surface area contributed by atoms with Crippen molar-refractivity contribution in [3.8, 4) is 0 Å². The fourth-order valence-electron chi connectivity index (χ4n) is 5.24. The highest BCUT2D eigenvalue weighted by molar-refractivity contribution is 5.79. The van der Waals surface area contributed by atoms with Crippen molar-refractivity contribution in [1.82, 2.24) is 19.9 Å².